The van der Waals surface area contributed by atoms with Crippen molar-refractivity contribution in [1.29, 1.82) is 0 Å². The number of nitrogens with one attached hydrogen (secondary N) is 1. The largest absolute Gasteiger partial charge is 0.497 e. The first kappa shape index (κ1) is 18.7. The predicted molar refractivity (Wildman–Crippen MR) is 93.8 cm³/mol. The molecule has 0 unspecified atom stereocenters. The molecule has 1 N–H and O–H groups in total. The first-order valence-electron chi connectivity index (χ1n) is 8.10. The number of halogens is 1. The Morgan fingerprint density at radius 2 is 2.04 bits per heavy atom. The fraction of sp³-hybridized carbons (Fsp3) is 0.368. The lowest BCUT2D eigenvalue weighted by atomic mass is 10.0. The highest BCUT2D eigenvalue weighted by Gasteiger charge is 2.18. The van der Waals surface area contributed by atoms with Crippen molar-refractivity contribution in [3.05, 3.63) is 57.4 Å². The van der Waals surface area contributed by atoms with Crippen molar-refractivity contribution in [2.75, 3.05) is 12.4 Å². The summed E-state index contributed by atoms with van der Waals surface area (Å²) in [6.45, 7) is 5.82. The highest BCUT2D eigenvalue weighted by Crippen LogP contribution is 2.21. The van der Waals surface area contributed by atoms with Crippen molar-refractivity contribution in [2.24, 2.45) is 5.92 Å². The minimum Gasteiger partial charge on any atom is -0.497 e. The number of carbonyl (C=O) groups is 1. The molecule has 6 heteroatoms. The van der Waals surface area contributed by atoms with E-state index in [1.807, 2.05) is 0 Å². The molecule has 5 nitrogen and oxygen atoms in total. The Balaban J connectivity index is 2.23. The van der Waals surface area contributed by atoms with Crippen LogP contribution in [0.1, 0.15) is 41.9 Å². The Kier molecular flexibility index (Phi) is 5.96. The number of carbonyl (C=O) groups excluding carboxylic acids is 1. The molecule has 1 aromatic heterocycles. The normalized spacial score (nSPS) is 10.8. The number of hydrogen-bond acceptors (Lipinski definition) is 4. The van der Waals surface area contributed by atoms with Crippen LogP contribution in [0.4, 0.5) is 10.1 Å². The molecule has 25 heavy (non-hydrogen) atoms. The summed E-state index contributed by atoms with van der Waals surface area (Å²) in [4.78, 5) is 24.6. The summed E-state index contributed by atoms with van der Waals surface area (Å²) >= 11 is 0. The van der Waals surface area contributed by atoms with Crippen molar-refractivity contribution in [2.45, 2.75) is 33.6 Å². The number of benzene rings is 1. The summed E-state index contributed by atoms with van der Waals surface area (Å²) in [5.74, 6) is 0.00438. The van der Waals surface area contributed by atoms with Gasteiger partial charge in [0.1, 0.15) is 22.9 Å². The van der Waals surface area contributed by atoms with E-state index in [0.29, 0.717) is 29.4 Å². The van der Waals surface area contributed by atoms with Gasteiger partial charge in [0.2, 0.25) is 0 Å². The molecule has 0 saturated heterocycles. The maximum absolute atomic E-state index is 14.0. The monoisotopic (exact) mass is 347 g/mol. The molecule has 2 rings (SSSR count). The van der Waals surface area contributed by atoms with Gasteiger partial charge in [0, 0.05) is 12.5 Å². The molecular formula is C19H22FNO4. The number of aryl methyl sites for hydroxylation is 2. The zero-order valence-corrected chi connectivity index (χ0v) is 14.8. The molecular weight excluding hydrogens is 325 g/mol. The minimum atomic E-state index is -0.717. The molecule has 0 saturated carbocycles. The molecule has 0 radical (unpaired) electrons. The van der Waals surface area contributed by atoms with Crippen LogP contribution in [0.25, 0.3) is 0 Å². The molecule has 0 atom stereocenters. The summed E-state index contributed by atoms with van der Waals surface area (Å²) in [6.07, 6.45) is 1.51. The molecule has 0 aliphatic heterocycles. The fourth-order valence-corrected chi connectivity index (χ4v) is 2.41. The van der Waals surface area contributed by atoms with Crippen molar-refractivity contribution >= 4 is 11.6 Å². The van der Waals surface area contributed by atoms with Gasteiger partial charge in [-0.2, -0.15) is 0 Å². The minimum absolute atomic E-state index is 0.0338. The summed E-state index contributed by atoms with van der Waals surface area (Å²) in [5.41, 5.74) is -0.372. The standard InChI is InChI=1S/C19H22FNO4/c1-11(2)5-6-14-9-12(3)17(19(23)25-14)18(22)21-16-8-7-13(24-4)10-15(16)20/h7-11H,5-6H2,1-4H3,(H,21,22). The van der Waals surface area contributed by atoms with Gasteiger partial charge in [0.25, 0.3) is 5.91 Å². The van der Waals surface area contributed by atoms with Gasteiger partial charge >= 0.3 is 5.63 Å². The van der Waals surface area contributed by atoms with Crippen LogP contribution in [-0.2, 0) is 6.42 Å². The topological polar surface area (TPSA) is 68.5 Å². The van der Waals surface area contributed by atoms with E-state index in [0.717, 1.165) is 12.5 Å². The van der Waals surface area contributed by atoms with Gasteiger partial charge in [-0.25, -0.2) is 9.18 Å². The lowest BCUT2D eigenvalue weighted by Crippen LogP contribution is -2.23. The average Bonchev–Trinajstić information content (AvgIpc) is 2.54. The number of rotatable bonds is 6. The van der Waals surface area contributed by atoms with Crippen LogP contribution in [0, 0.1) is 18.7 Å². The van der Waals surface area contributed by atoms with Crippen LogP contribution in [0.5, 0.6) is 5.75 Å². The van der Waals surface area contributed by atoms with Crippen LogP contribution in [0.3, 0.4) is 0 Å². The van der Waals surface area contributed by atoms with Gasteiger partial charge in [-0.05, 0) is 43.0 Å². The molecule has 134 valence electrons. The van der Waals surface area contributed by atoms with Crippen molar-refractivity contribution in [3.8, 4) is 5.75 Å². The maximum atomic E-state index is 14.0. The molecule has 0 aliphatic rings. The second-order valence-electron chi connectivity index (χ2n) is 6.29. The number of anilines is 1. The van der Waals surface area contributed by atoms with Gasteiger partial charge in [-0.1, -0.05) is 13.8 Å². The SMILES string of the molecule is COc1ccc(NC(=O)c2c(C)cc(CCC(C)C)oc2=O)c(F)c1. The van der Waals surface area contributed by atoms with E-state index in [1.54, 1.807) is 13.0 Å². The molecule has 1 amide bonds. The highest BCUT2D eigenvalue weighted by molar-refractivity contribution is 6.05. The lowest BCUT2D eigenvalue weighted by Gasteiger charge is -2.10. The van der Waals surface area contributed by atoms with Gasteiger partial charge < -0.3 is 14.5 Å². The van der Waals surface area contributed by atoms with Gasteiger partial charge in [0.15, 0.2) is 0 Å². The summed E-state index contributed by atoms with van der Waals surface area (Å²) in [5, 5.41) is 2.40. The van der Waals surface area contributed by atoms with Crippen LogP contribution >= 0.6 is 0 Å². The first-order valence-corrected chi connectivity index (χ1v) is 8.10. The second-order valence-corrected chi connectivity index (χ2v) is 6.29. The third-order valence-electron chi connectivity index (χ3n) is 3.82. The smallest absolute Gasteiger partial charge is 0.349 e. The Hall–Kier alpha value is -2.63. The molecule has 1 aromatic carbocycles. The van der Waals surface area contributed by atoms with E-state index in [9.17, 15) is 14.0 Å². The summed E-state index contributed by atoms with van der Waals surface area (Å²) in [6, 6.07) is 5.73. The van der Waals surface area contributed by atoms with E-state index in [4.69, 9.17) is 9.15 Å². The van der Waals surface area contributed by atoms with Crippen molar-refractivity contribution in [3.63, 3.8) is 0 Å². The Morgan fingerprint density at radius 1 is 1.32 bits per heavy atom. The van der Waals surface area contributed by atoms with Crippen LogP contribution in [0.2, 0.25) is 0 Å². The van der Waals surface area contributed by atoms with E-state index >= 15 is 0 Å². The van der Waals surface area contributed by atoms with E-state index < -0.39 is 17.3 Å². The van der Waals surface area contributed by atoms with E-state index in [2.05, 4.69) is 19.2 Å². The predicted octanol–water partition coefficient (Wildman–Crippen LogP) is 3.94. The molecule has 1 heterocycles. The third-order valence-corrected chi connectivity index (χ3v) is 3.82. The molecule has 2 aromatic rings. The number of ether oxygens (including phenoxy) is 1. The first-order chi connectivity index (χ1) is 11.8. The third kappa shape index (κ3) is 4.68. The number of amides is 1. The quantitative estimate of drug-likeness (QED) is 0.859. The van der Waals surface area contributed by atoms with Gasteiger partial charge in [-0.3, -0.25) is 4.79 Å². The average molecular weight is 347 g/mol. The van der Waals surface area contributed by atoms with Gasteiger partial charge in [-0.15, -0.1) is 0 Å². The van der Waals surface area contributed by atoms with Gasteiger partial charge in [0.05, 0.1) is 12.8 Å². The van der Waals surface area contributed by atoms with Crippen LogP contribution in [-0.4, -0.2) is 13.0 Å². The van der Waals surface area contributed by atoms with Crippen molar-refractivity contribution in [1.82, 2.24) is 0 Å². The molecule has 0 spiro atoms. The molecule has 0 aliphatic carbocycles. The van der Waals surface area contributed by atoms with Crippen LogP contribution < -0.4 is 15.7 Å². The Labute approximate surface area is 145 Å². The highest BCUT2D eigenvalue weighted by atomic mass is 19.1. The Bertz CT molecular complexity index is 827. The maximum Gasteiger partial charge on any atom is 0.349 e. The number of hydrogen-bond donors (Lipinski definition) is 1. The summed E-state index contributed by atoms with van der Waals surface area (Å²) < 4.78 is 24.1. The summed E-state index contributed by atoms with van der Waals surface area (Å²) in [7, 11) is 1.42. The molecule has 0 fully saturated rings. The Morgan fingerprint density at radius 3 is 2.60 bits per heavy atom. The van der Waals surface area contributed by atoms with Crippen molar-refractivity contribution < 1.29 is 18.3 Å². The van der Waals surface area contributed by atoms with E-state index in [1.165, 1.54) is 19.2 Å². The van der Waals surface area contributed by atoms with Crippen LogP contribution in [0.15, 0.2) is 33.5 Å². The second kappa shape index (κ2) is 7.96. The molecule has 0 bridgehead atoms. The number of methoxy groups -OCH3 is 1. The lowest BCUT2D eigenvalue weighted by molar-refractivity contribution is 0.102. The fourth-order valence-electron chi connectivity index (χ4n) is 2.41. The van der Waals surface area contributed by atoms with E-state index in [-0.39, 0.29) is 11.3 Å². The zero-order valence-electron chi connectivity index (χ0n) is 14.8. The zero-order chi connectivity index (χ0) is 18.6.